The van der Waals surface area contributed by atoms with E-state index < -0.39 is 0 Å². The molecule has 18 heavy (non-hydrogen) atoms. The number of rotatable bonds is 6. The lowest BCUT2D eigenvalue weighted by atomic mass is 10.1. The highest BCUT2D eigenvalue weighted by Gasteiger charge is 2.11. The maximum atomic E-state index is 11.6. The van der Waals surface area contributed by atoms with E-state index in [9.17, 15) is 4.79 Å². The van der Waals surface area contributed by atoms with Gasteiger partial charge in [-0.15, -0.1) is 0 Å². The van der Waals surface area contributed by atoms with E-state index in [1.807, 2.05) is 20.8 Å². The van der Waals surface area contributed by atoms with E-state index in [0.29, 0.717) is 18.9 Å². The maximum absolute atomic E-state index is 11.6. The highest BCUT2D eigenvalue weighted by atomic mass is 16.2. The van der Waals surface area contributed by atoms with Crippen molar-refractivity contribution in [3.8, 4) is 0 Å². The average Bonchev–Trinajstić information content (AvgIpc) is 2.31. The van der Waals surface area contributed by atoms with Crippen molar-refractivity contribution >= 4 is 11.9 Å². The molecular formula is C13H30N4O. The van der Waals surface area contributed by atoms with Gasteiger partial charge in [-0.25, -0.2) is 4.79 Å². The van der Waals surface area contributed by atoms with Crippen molar-refractivity contribution in [3.63, 3.8) is 0 Å². The van der Waals surface area contributed by atoms with Crippen molar-refractivity contribution in [3.05, 3.63) is 0 Å². The minimum absolute atomic E-state index is 0.162. The zero-order chi connectivity index (χ0) is 14.6. The van der Waals surface area contributed by atoms with Gasteiger partial charge in [0.15, 0.2) is 0 Å². The van der Waals surface area contributed by atoms with Gasteiger partial charge in [0, 0.05) is 19.1 Å². The molecule has 0 aromatic rings. The number of carbonyl (C=O) groups excluding carboxylic acids is 1. The maximum Gasteiger partial charge on any atom is 0.345 e. The van der Waals surface area contributed by atoms with Crippen molar-refractivity contribution in [2.24, 2.45) is 16.5 Å². The Kier molecular flexibility index (Phi) is 13.2. The lowest BCUT2D eigenvalue weighted by molar-refractivity contribution is 0.208. The summed E-state index contributed by atoms with van der Waals surface area (Å²) in [4.78, 5) is 16.9. The van der Waals surface area contributed by atoms with Gasteiger partial charge in [0.1, 0.15) is 5.84 Å². The van der Waals surface area contributed by atoms with Crippen LogP contribution in [0.5, 0.6) is 0 Å². The van der Waals surface area contributed by atoms with E-state index >= 15 is 0 Å². The molecular weight excluding hydrogens is 228 g/mol. The summed E-state index contributed by atoms with van der Waals surface area (Å²) in [5, 5.41) is 0. The Labute approximate surface area is 112 Å². The van der Waals surface area contributed by atoms with Gasteiger partial charge >= 0.3 is 6.03 Å². The Morgan fingerprint density at radius 2 is 1.83 bits per heavy atom. The van der Waals surface area contributed by atoms with Gasteiger partial charge < -0.3 is 16.4 Å². The summed E-state index contributed by atoms with van der Waals surface area (Å²) in [6, 6.07) is -0.110. The SMILES string of the molecule is CC.CCCC(N)CCN(CC)C(=O)/N=C(/C)N. The third-order valence-corrected chi connectivity index (χ3v) is 2.35. The second-order valence-electron chi connectivity index (χ2n) is 3.95. The number of aliphatic imine (C=N–C) groups is 1. The number of amidine groups is 1. The highest BCUT2D eigenvalue weighted by Crippen LogP contribution is 2.02. The third kappa shape index (κ3) is 10.1. The van der Waals surface area contributed by atoms with Crippen LogP contribution in [0.15, 0.2) is 4.99 Å². The molecule has 5 heteroatoms. The number of amides is 2. The van der Waals surface area contributed by atoms with Crippen LogP contribution in [0.25, 0.3) is 0 Å². The van der Waals surface area contributed by atoms with E-state index in [1.54, 1.807) is 11.8 Å². The Morgan fingerprint density at radius 3 is 2.22 bits per heavy atom. The first-order valence-electron chi connectivity index (χ1n) is 6.86. The van der Waals surface area contributed by atoms with Crippen molar-refractivity contribution in [1.29, 1.82) is 0 Å². The van der Waals surface area contributed by atoms with Crippen LogP contribution in [0.1, 0.15) is 53.9 Å². The summed E-state index contributed by atoms with van der Waals surface area (Å²) in [5.74, 6) is 0.293. The Bertz CT molecular complexity index is 237. The molecule has 0 heterocycles. The summed E-state index contributed by atoms with van der Waals surface area (Å²) in [6.45, 7) is 10.9. The molecule has 0 aromatic carbocycles. The number of urea groups is 1. The van der Waals surface area contributed by atoms with E-state index in [2.05, 4.69) is 11.9 Å². The summed E-state index contributed by atoms with van der Waals surface area (Å²) >= 11 is 0. The number of hydrogen-bond donors (Lipinski definition) is 2. The Balaban J connectivity index is 0. The highest BCUT2D eigenvalue weighted by molar-refractivity contribution is 5.91. The van der Waals surface area contributed by atoms with Crippen LogP contribution in [0.3, 0.4) is 0 Å². The summed E-state index contributed by atoms with van der Waals surface area (Å²) in [7, 11) is 0. The molecule has 4 N–H and O–H groups in total. The van der Waals surface area contributed by atoms with Gasteiger partial charge in [0.2, 0.25) is 0 Å². The molecule has 0 fully saturated rings. The second kappa shape index (κ2) is 12.4. The molecule has 0 aliphatic rings. The monoisotopic (exact) mass is 258 g/mol. The third-order valence-electron chi connectivity index (χ3n) is 2.35. The van der Waals surface area contributed by atoms with Crippen LogP contribution in [0, 0.1) is 0 Å². The first-order valence-corrected chi connectivity index (χ1v) is 6.86. The van der Waals surface area contributed by atoms with Crippen LogP contribution in [0.2, 0.25) is 0 Å². The number of carbonyl (C=O) groups is 1. The van der Waals surface area contributed by atoms with Crippen LogP contribution in [-0.2, 0) is 0 Å². The lowest BCUT2D eigenvalue weighted by Gasteiger charge is -2.20. The predicted molar refractivity (Wildman–Crippen MR) is 78.8 cm³/mol. The summed E-state index contributed by atoms with van der Waals surface area (Å²) in [6.07, 6.45) is 2.87. The molecule has 0 aliphatic carbocycles. The lowest BCUT2D eigenvalue weighted by Crippen LogP contribution is -2.34. The van der Waals surface area contributed by atoms with Gasteiger partial charge in [-0.3, -0.25) is 0 Å². The molecule has 5 nitrogen and oxygen atoms in total. The average molecular weight is 258 g/mol. The van der Waals surface area contributed by atoms with Gasteiger partial charge in [-0.05, 0) is 26.7 Å². The molecule has 0 aromatic heterocycles. The van der Waals surface area contributed by atoms with Gasteiger partial charge in [0.25, 0.3) is 0 Å². The fourth-order valence-corrected chi connectivity index (χ4v) is 1.45. The fraction of sp³-hybridized carbons (Fsp3) is 0.846. The quantitative estimate of drug-likeness (QED) is 0.566. The van der Waals surface area contributed by atoms with Crippen molar-refractivity contribution in [1.82, 2.24) is 4.90 Å². The normalized spacial score (nSPS) is 12.4. The van der Waals surface area contributed by atoms with Crippen molar-refractivity contribution in [2.45, 2.75) is 59.9 Å². The summed E-state index contributed by atoms with van der Waals surface area (Å²) in [5.41, 5.74) is 11.3. The van der Waals surface area contributed by atoms with E-state index in [1.165, 1.54) is 0 Å². The van der Waals surface area contributed by atoms with Crippen molar-refractivity contribution < 1.29 is 4.79 Å². The molecule has 2 amide bonds. The molecule has 0 radical (unpaired) electrons. The van der Waals surface area contributed by atoms with Gasteiger partial charge in [-0.2, -0.15) is 4.99 Å². The molecule has 0 rings (SSSR count). The molecule has 0 bridgehead atoms. The molecule has 1 atom stereocenters. The van der Waals surface area contributed by atoms with Crippen LogP contribution in [0.4, 0.5) is 4.79 Å². The largest absolute Gasteiger partial charge is 0.387 e. The summed E-state index contributed by atoms with van der Waals surface area (Å²) < 4.78 is 0. The predicted octanol–water partition coefficient (Wildman–Crippen LogP) is 2.35. The molecule has 0 aliphatic heterocycles. The topological polar surface area (TPSA) is 84.7 Å². The van der Waals surface area contributed by atoms with E-state index in [-0.39, 0.29) is 12.1 Å². The molecule has 0 spiro atoms. The van der Waals surface area contributed by atoms with Crippen LogP contribution < -0.4 is 11.5 Å². The van der Waals surface area contributed by atoms with Crippen LogP contribution >= 0.6 is 0 Å². The molecule has 1 unspecified atom stereocenters. The Hall–Kier alpha value is -1.10. The molecule has 0 saturated heterocycles. The zero-order valence-electron chi connectivity index (χ0n) is 12.6. The Morgan fingerprint density at radius 1 is 1.28 bits per heavy atom. The van der Waals surface area contributed by atoms with Gasteiger partial charge in [0.05, 0.1) is 0 Å². The van der Waals surface area contributed by atoms with E-state index in [0.717, 1.165) is 19.3 Å². The zero-order valence-corrected chi connectivity index (χ0v) is 12.6. The first-order chi connectivity index (χ1) is 8.51. The van der Waals surface area contributed by atoms with Crippen LogP contribution in [-0.4, -0.2) is 35.9 Å². The smallest absolute Gasteiger partial charge is 0.345 e. The standard InChI is InChI=1S/C11H24N4O.C2H6/c1-4-6-10(13)7-8-15(5-2)11(16)14-9(3)12;1-2/h10H,4-8,13H2,1-3H3,(H2,12,14,16);1-2H3. The molecule has 108 valence electrons. The molecule has 0 saturated carbocycles. The number of hydrogen-bond acceptors (Lipinski definition) is 2. The fourth-order valence-electron chi connectivity index (χ4n) is 1.45. The number of nitrogens with two attached hydrogens (primary N) is 2. The van der Waals surface area contributed by atoms with E-state index in [4.69, 9.17) is 11.5 Å². The minimum Gasteiger partial charge on any atom is -0.387 e. The number of nitrogens with zero attached hydrogens (tertiary/aromatic N) is 2. The minimum atomic E-state index is -0.272. The van der Waals surface area contributed by atoms with Gasteiger partial charge in [-0.1, -0.05) is 27.2 Å². The van der Waals surface area contributed by atoms with Crippen molar-refractivity contribution in [2.75, 3.05) is 13.1 Å². The first kappa shape index (κ1) is 19.2. The second-order valence-corrected chi connectivity index (χ2v) is 3.95.